The Hall–Kier alpha value is -3.26. The molecule has 14 heteroatoms. The SMILES string of the molecule is CCOC(=O)OC[C@H]1O[C@@H](n2c(=O)sc3cnc(N)nc32)[C@H](OC(C)=O)[C@H]1OC(C)=O. The van der Waals surface area contributed by atoms with E-state index >= 15 is 0 Å². The average Bonchev–Trinajstić information content (AvgIpc) is 3.16. The van der Waals surface area contributed by atoms with E-state index in [0.29, 0.717) is 4.70 Å². The van der Waals surface area contributed by atoms with E-state index in [9.17, 15) is 19.2 Å². The van der Waals surface area contributed by atoms with Crippen molar-refractivity contribution in [2.75, 3.05) is 18.9 Å². The van der Waals surface area contributed by atoms with Gasteiger partial charge in [-0.05, 0) is 6.92 Å². The Bertz CT molecular complexity index is 1050. The van der Waals surface area contributed by atoms with Crippen LogP contribution in [0.3, 0.4) is 0 Å². The van der Waals surface area contributed by atoms with Crippen molar-refractivity contribution in [1.82, 2.24) is 14.5 Å². The molecular weight excluding hydrogens is 436 g/mol. The van der Waals surface area contributed by atoms with E-state index in [1.165, 1.54) is 6.20 Å². The van der Waals surface area contributed by atoms with Crippen molar-refractivity contribution < 1.29 is 38.1 Å². The largest absolute Gasteiger partial charge is 0.508 e. The summed E-state index contributed by atoms with van der Waals surface area (Å²) in [5.74, 6) is -1.48. The van der Waals surface area contributed by atoms with Gasteiger partial charge in [0.05, 0.1) is 17.5 Å². The molecule has 0 bridgehead atoms. The van der Waals surface area contributed by atoms with Gasteiger partial charge in [0, 0.05) is 13.8 Å². The number of rotatable bonds is 6. The first-order valence-corrected chi connectivity index (χ1v) is 9.96. The van der Waals surface area contributed by atoms with E-state index in [1.807, 2.05) is 0 Å². The molecule has 0 spiro atoms. The number of aromatic nitrogens is 3. The molecule has 2 aromatic heterocycles. The highest BCUT2D eigenvalue weighted by Crippen LogP contribution is 2.35. The summed E-state index contributed by atoms with van der Waals surface area (Å²) in [5.41, 5.74) is 5.80. The smallest absolute Gasteiger partial charge is 0.455 e. The lowest BCUT2D eigenvalue weighted by Gasteiger charge is -2.23. The van der Waals surface area contributed by atoms with E-state index in [4.69, 9.17) is 29.4 Å². The van der Waals surface area contributed by atoms with E-state index in [0.717, 1.165) is 29.8 Å². The van der Waals surface area contributed by atoms with Crippen LogP contribution in [0.2, 0.25) is 0 Å². The van der Waals surface area contributed by atoms with Crippen molar-refractivity contribution in [3.63, 3.8) is 0 Å². The Morgan fingerprint density at radius 1 is 1.19 bits per heavy atom. The summed E-state index contributed by atoms with van der Waals surface area (Å²) in [7, 11) is 0. The van der Waals surface area contributed by atoms with Gasteiger partial charge in [0.1, 0.15) is 12.7 Å². The highest BCUT2D eigenvalue weighted by Gasteiger charge is 2.51. The van der Waals surface area contributed by atoms with Crippen molar-refractivity contribution in [3.05, 3.63) is 15.9 Å². The monoisotopic (exact) mass is 456 g/mol. The molecule has 0 aliphatic carbocycles. The second kappa shape index (κ2) is 9.26. The fraction of sp³-hybridized carbons (Fsp3) is 0.529. The maximum absolute atomic E-state index is 12.7. The van der Waals surface area contributed by atoms with Gasteiger partial charge >= 0.3 is 23.0 Å². The Balaban J connectivity index is 2.01. The lowest BCUT2D eigenvalue weighted by atomic mass is 10.1. The van der Waals surface area contributed by atoms with Crippen LogP contribution >= 0.6 is 11.3 Å². The summed E-state index contributed by atoms with van der Waals surface area (Å²) in [6.07, 6.45) is -4.30. The molecule has 13 nitrogen and oxygen atoms in total. The second-order valence-electron chi connectivity index (χ2n) is 6.36. The minimum atomic E-state index is -1.24. The van der Waals surface area contributed by atoms with Gasteiger partial charge in [0.15, 0.2) is 24.1 Å². The van der Waals surface area contributed by atoms with Crippen LogP contribution in [0.1, 0.15) is 27.0 Å². The molecule has 1 aliphatic heterocycles. The molecule has 0 amide bonds. The molecule has 1 fully saturated rings. The van der Waals surface area contributed by atoms with Crippen LogP contribution in [-0.4, -0.2) is 64.2 Å². The van der Waals surface area contributed by atoms with Crippen molar-refractivity contribution in [2.45, 2.75) is 45.3 Å². The predicted octanol–water partition coefficient (Wildman–Crippen LogP) is 0.369. The zero-order chi connectivity index (χ0) is 22.7. The Morgan fingerprint density at radius 3 is 2.52 bits per heavy atom. The van der Waals surface area contributed by atoms with Crippen LogP contribution in [0.15, 0.2) is 11.0 Å². The summed E-state index contributed by atoms with van der Waals surface area (Å²) in [6, 6.07) is 0. The number of thiazole rings is 1. The average molecular weight is 456 g/mol. The minimum absolute atomic E-state index is 0.0835. The molecule has 3 rings (SSSR count). The summed E-state index contributed by atoms with van der Waals surface area (Å²) < 4.78 is 27.7. The molecule has 31 heavy (non-hydrogen) atoms. The van der Waals surface area contributed by atoms with E-state index < -0.39 is 47.5 Å². The molecule has 0 aromatic carbocycles. The second-order valence-corrected chi connectivity index (χ2v) is 7.35. The first kappa shape index (κ1) is 22.4. The summed E-state index contributed by atoms with van der Waals surface area (Å²) in [4.78, 5) is 55.1. The minimum Gasteiger partial charge on any atom is -0.455 e. The topological polar surface area (TPSA) is 171 Å². The Kier molecular flexibility index (Phi) is 6.70. The van der Waals surface area contributed by atoms with Crippen molar-refractivity contribution in [3.8, 4) is 0 Å². The van der Waals surface area contributed by atoms with E-state index in [-0.39, 0.29) is 24.8 Å². The van der Waals surface area contributed by atoms with Gasteiger partial charge in [0.25, 0.3) is 0 Å². The number of hydrogen-bond acceptors (Lipinski definition) is 13. The van der Waals surface area contributed by atoms with Crippen LogP contribution < -0.4 is 10.6 Å². The summed E-state index contributed by atoms with van der Waals surface area (Å²) >= 11 is 0.830. The van der Waals surface area contributed by atoms with Crippen molar-refractivity contribution in [2.24, 2.45) is 0 Å². The van der Waals surface area contributed by atoms with Crippen LogP contribution in [-0.2, 0) is 33.3 Å². The molecule has 0 saturated carbocycles. The number of carbonyl (C=O) groups excluding carboxylic acids is 3. The third-order valence-corrected chi connectivity index (χ3v) is 5.03. The van der Waals surface area contributed by atoms with Crippen LogP contribution in [0.5, 0.6) is 0 Å². The first-order valence-electron chi connectivity index (χ1n) is 9.14. The third-order valence-electron chi connectivity index (χ3n) is 4.15. The van der Waals surface area contributed by atoms with Crippen LogP contribution in [0.4, 0.5) is 10.7 Å². The lowest BCUT2D eigenvalue weighted by Crippen LogP contribution is -2.41. The van der Waals surface area contributed by atoms with Gasteiger partial charge < -0.3 is 29.4 Å². The van der Waals surface area contributed by atoms with E-state index in [2.05, 4.69) is 9.97 Å². The van der Waals surface area contributed by atoms with Gasteiger partial charge in [-0.1, -0.05) is 11.3 Å². The van der Waals surface area contributed by atoms with Crippen molar-refractivity contribution >= 4 is 45.7 Å². The molecule has 1 saturated heterocycles. The third kappa shape index (κ3) is 4.91. The molecule has 168 valence electrons. The predicted molar refractivity (Wildman–Crippen MR) is 104 cm³/mol. The summed E-state index contributed by atoms with van der Waals surface area (Å²) in [6.45, 7) is 3.61. The van der Waals surface area contributed by atoms with Gasteiger partial charge in [-0.15, -0.1) is 0 Å². The molecule has 4 atom stereocenters. The van der Waals surface area contributed by atoms with Crippen LogP contribution in [0, 0.1) is 0 Å². The molecular formula is C17H20N4O9S. The maximum Gasteiger partial charge on any atom is 0.508 e. The molecule has 0 radical (unpaired) electrons. The van der Waals surface area contributed by atoms with Gasteiger partial charge in [-0.3, -0.25) is 19.0 Å². The number of nitrogens with zero attached hydrogens (tertiary/aromatic N) is 3. The molecule has 3 heterocycles. The quantitative estimate of drug-likeness (QED) is 0.468. The zero-order valence-electron chi connectivity index (χ0n) is 16.8. The molecule has 1 aliphatic rings. The van der Waals surface area contributed by atoms with Gasteiger partial charge in [0.2, 0.25) is 5.95 Å². The zero-order valence-corrected chi connectivity index (χ0v) is 17.6. The Morgan fingerprint density at radius 2 is 1.87 bits per heavy atom. The van der Waals surface area contributed by atoms with Gasteiger partial charge in [-0.2, -0.15) is 4.98 Å². The fourth-order valence-electron chi connectivity index (χ4n) is 3.08. The number of ether oxygens (including phenoxy) is 5. The fourth-order valence-corrected chi connectivity index (χ4v) is 3.90. The molecule has 0 unspecified atom stereocenters. The normalized spacial score (nSPS) is 22.8. The molecule has 2 N–H and O–H groups in total. The number of anilines is 1. The number of nitrogens with two attached hydrogens (primary N) is 1. The van der Waals surface area contributed by atoms with Gasteiger partial charge in [-0.25, -0.2) is 9.78 Å². The van der Waals surface area contributed by atoms with Crippen molar-refractivity contribution in [1.29, 1.82) is 0 Å². The highest BCUT2D eigenvalue weighted by atomic mass is 32.1. The standard InChI is InChI=1S/C17H20N4O9S/c1-4-26-17(25)27-6-9-11(28-7(2)22)12(29-8(3)23)14(30-9)21-13-10(31-16(21)24)5-19-15(18)20-13/h5,9,11-12,14H,4,6H2,1-3H3,(H2,18,19,20)/t9-,11+,12-,14-/m1/s1. The van der Waals surface area contributed by atoms with E-state index in [1.54, 1.807) is 6.92 Å². The molecule has 2 aromatic rings. The number of carbonyl (C=O) groups is 3. The first-order chi connectivity index (χ1) is 14.7. The Labute approximate surface area is 179 Å². The van der Waals surface area contributed by atoms with Crippen LogP contribution in [0.25, 0.3) is 10.3 Å². The number of fused-ring (bicyclic) bond motifs is 1. The highest BCUT2D eigenvalue weighted by molar-refractivity contribution is 7.16. The number of esters is 2. The number of nitrogen functional groups attached to an aromatic ring is 1. The number of hydrogen-bond donors (Lipinski definition) is 1. The summed E-state index contributed by atoms with van der Waals surface area (Å²) in [5, 5.41) is 0. The maximum atomic E-state index is 12.7. The lowest BCUT2D eigenvalue weighted by molar-refractivity contribution is -0.165.